The Hall–Kier alpha value is -1.32. The summed E-state index contributed by atoms with van der Waals surface area (Å²) in [5.74, 6) is -0.369. The third kappa shape index (κ3) is 1.52. The van der Waals surface area contributed by atoms with Gasteiger partial charge in [-0.2, -0.15) is 0 Å². The number of carbonyl (C=O) groups is 1. The third-order valence-corrected chi connectivity index (χ3v) is 3.68. The monoisotopic (exact) mass is 220 g/mol. The maximum absolute atomic E-state index is 11.3. The van der Waals surface area contributed by atoms with Crippen molar-refractivity contribution >= 4 is 5.97 Å². The predicted molar refractivity (Wildman–Crippen MR) is 58.3 cm³/mol. The Kier molecular flexibility index (Phi) is 2.23. The molecular weight excluding hydrogens is 204 g/mol. The molecule has 1 heterocycles. The molecule has 0 spiro atoms. The summed E-state index contributed by atoms with van der Waals surface area (Å²) in [5.41, 5.74) is 2.30. The zero-order chi connectivity index (χ0) is 11.1. The summed E-state index contributed by atoms with van der Waals surface area (Å²) in [7, 11) is 0. The summed E-state index contributed by atoms with van der Waals surface area (Å²) >= 11 is 0. The lowest BCUT2D eigenvalue weighted by Crippen LogP contribution is -2.23. The lowest BCUT2D eigenvalue weighted by Gasteiger charge is -2.19. The van der Waals surface area contributed by atoms with E-state index in [1.54, 1.807) is 6.33 Å². The van der Waals surface area contributed by atoms with Crippen LogP contribution in [0.2, 0.25) is 0 Å². The first-order valence-electron chi connectivity index (χ1n) is 6.05. The molecule has 1 N–H and O–H groups in total. The molecule has 0 saturated heterocycles. The van der Waals surface area contributed by atoms with Crippen LogP contribution in [0.4, 0.5) is 0 Å². The number of hydrogen-bond donors (Lipinski definition) is 1. The summed E-state index contributed by atoms with van der Waals surface area (Å²) in [6.07, 6.45) is 8.19. The molecule has 1 aromatic rings. The Morgan fingerprint density at radius 1 is 1.44 bits per heavy atom. The molecular formula is C12H16N2O2. The molecule has 1 atom stereocenters. The van der Waals surface area contributed by atoms with Crippen molar-refractivity contribution in [2.24, 2.45) is 5.92 Å². The number of aromatic nitrogens is 2. The molecule has 1 saturated carbocycles. The van der Waals surface area contributed by atoms with Gasteiger partial charge in [-0.25, -0.2) is 9.78 Å². The average Bonchev–Trinajstić information content (AvgIpc) is 3.00. The van der Waals surface area contributed by atoms with Crippen LogP contribution in [0.15, 0.2) is 6.33 Å². The standard InChI is InChI=1S/C12H16N2O2/c15-12(16)11(8-5-6-8)14-7-13-9-3-1-2-4-10(9)14/h7-8,11H,1-6H2,(H,15,16). The van der Waals surface area contributed by atoms with Gasteiger partial charge >= 0.3 is 5.97 Å². The second-order valence-electron chi connectivity index (χ2n) is 4.87. The number of fused-ring (bicyclic) bond motifs is 1. The van der Waals surface area contributed by atoms with Crippen LogP contribution in [-0.2, 0) is 17.6 Å². The lowest BCUT2D eigenvalue weighted by atomic mass is 10.0. The molecule has 16 heavy (non-hydrogen) atoms. The van der Waals surface area contributed by atoms with E-state index >= 15 is 0 Å². The van der Waals surface area contributed by atoms with E-state index in [1.807, 2.05) is 4.57 Å². The average molecular weight is 220 g/mol. The van der Waals surface area contributed by atoms with Crippen LogP contribution < -0.4 is 0 Å². The number of imidazole rings is 1. The first-order valence-corrected chi connectivity index (χ1v) is 6.05. The number of rotatable bonds is 3. The van der Waals surface area contributed by atoms with Crippen LogP contribution in [0.25, 0.3) is 0 Å². The molecule has 3 rings (SSSR count). The van der Waals surface area contributed by atoms with Gasteiger partial charge in [0, 0.05) is 5.69 Å². The van der Waals surface area contributed by atoms with Crippen LogP contribution in [0.3, 0.4) is 0 Å². The first-order chi connectivity index (χ1) is 7.77. The van der Waals surface area contributed by atoms with Gasteiger partial charge in [0.25, 0.3) is 0 Å². The highest BCUT2D eigenvalue weighted by molar-refractivity contribution is 5.73. The van der Waals surface area contributed by atoms with Crippen molar-refractivity contribution in [3.8, 4) is 0 Å². The fraction of sp³-hybridized carbons (Fsp3) is 0.667. The van der Waals surface area contributed by atoms with Gasteiger partial charge < -0.3 is 9.67 Å². The maximum Gasteiger partial charge on any atom is 0.327 e. The van der Waals surface area contributed by atoms with E-state index in [0.717, 1.165) is 37.8 Å². The summed E-state index contributed by atoms with van der Waals surface area (Å²) in [6.45, 7) is 0. The second-order valence-corrected chi connectivity index (χ2v) is 4.87. The molecule has 2 aliphatic carbocycles. The number of aryl methyl sites for hydroxylation is 1. The third-order valence-electron chi connectivity index (χ3n) is 3.68. The molecule has 1 unspecified atom stereocenters. The van der Waals surface area contributed by atoms with Crippen LogP contribution in [-0.4, -0.2) is 20.6 Å². The summed E-state index contributed by atoms with van der Waals surface area (Å²) in [5, 5.41) is 9.31. The van der Waals surface area contributed by atoms with Crippen molar-refractivity contribution in [1.82, 2.24) is 9.55 Å². The second kappa shape index (κ2) is 3.61. The van der Waals surface area contributed by atoms with Gasteiger partial charge in [-0.05, 0) is 44.4 Å². The summed E-state index contributed by atoms with van der Waals surface area (Å²) in [6, 6.07) is -0.366. The molecule has 1 fully saturated rings. The number of carboxylic acids is 1. The van der Waals surface area contributed by atoms with E-state index in [2.05, 4.69) is 4.98 Å². The molecule has 0 aliphatic heterocycles. The van der Waals surface area contributed by atoms with Gasteiger partial charge in [-0.1, -0.05) is 0 Å². The van der Waals surface area contributed by atoms with Gasteiger partial charge in [-0.15, -0.1) is 0 Å². The smallest absolute Gasteiger partial charge is 0.327 e. The van der Waals surface area contributed by atoms with Gasteiger partial charge in [0.1, 0.15) is 6.04 Å². The highest BCUT2D eigenvalue weighted by Crippen LogP contribution is 2.41. The Bertz CT molecular complexity index is 421. The van der Waals surface area contributed by atoms with Crippen molar-refractivity contribution in [2.75, 3.05) is 0 Å². The van der Waals surface area contributed by atoms with Crippen LogP contribution >= 0.6 is 0 Å². The summed E-state index contributed by atoms with van der Waals surface area (Å²) in [4.78, 5) is 15.7. The van der Waals surface area contributed by atoms with E-state index in [4.69, 9.17) is 0 Å². The van der Waals surface area contributed by atoms with Crippen molar-refractivity contribution < 1.29 is 9.90 Å². The molecule has 0 radical (unpaired) electrons. The topological polar surface area (TPSA) is 55.1 Å². The molecule has 0 aromatic carbocycles. The molecule has 0 amide bonds. The van der Waals surface area contributed by atoms with E-state index in [0.29, 0.717) is 5.92 Å². The zero-order valence-corrected chi connectivity index (χ0v) is 9.22. The molecule has 0 bridgehead atoms. The van der Waals surface area contributed by atoms with Crippen LogP contribution in [0.1, 0.15) is 43.1 Å². The van der Waals surface area contributed by atoms with E-state index in [1.165, 1.54) is 12.1 Å². The summed E-state index contributed by atoms with van der Waals surface area (Å²) < 4.78 is 1.93. The van der Waals surface area contributed by atoms with Crippen LogP contribution in [0, 0.1) is 5.92 Å². The molecule has 86 valence electrons. The van der Waals surface area contributed by atoms with Crippen molar-refractivity contribution in [3.05, 3.63) is 17.7 Å². The zero-order valence-electron chi connectivity index (χ0n) is 9.22. The normalized spacial score (nSPS) is 21.5. The fourth-order valence-electron chi connectivity index (χ4n) is 2.69. The maximum atomic E-state index is 11.3. The van der Waals surface area contributed by atoms with Crippen molar-refractivity contribution in [3.63, 3.8) is 0 Å². The highest BCUT2D eigenvalue weighted by atomic mass is 16.4. The highest BCUT2D eigenvalue weighted by Gasteiger charge is 2.39. The quantitative estimate of drug-likeness (QED) is 0.845. The van der Waals surface area contributed by atoms with E-state index in [-0.39, 0.29) is 6.04 Å². The Labute approximate surface area is 94.3 Å². The Morgan fingerprint density at radius 2 is 2.19 bits per heavy atom. The van der Waals surface area contributed by atoms with Gasteiger partial charge in [0.15, 0.2) is 0 Å². The number of carboxylic acid groups (broad SMARTS) is 1. The first kappa shape index (κ1) is 9.87. The van der Waals surface area contributed by atoms with Gasteiger partial charge in [-0.3, -0.25) is 0 Å². The van der Waals surface area contributed by atoms with Crippen molar-refractivity contribution in [2.45, 2.75) is 44.6 Å². The fourth-order valence-corrected chi connectivity index (χ4v) is 2.69. The molecule has 4 heteroatoms. The Morgan fingerprint density at radius 3 is 2.88 bits per heavy atom. The van der Waals surface area contributed by atoms with Crippen LogP contribution in [0.5, 0.6) is 0 Å². The minimum absolute atomic E-state index is 0.331. The largest absolute Gasteiger partial charge is 0.480 e. The van der Waals surface area contributed by atoms with Gasteiger partial charge in [0.05, 0.1) is 12.0 Å². The van der Waals surface area contributed by atoms with E-state index in [9.17, 15) is 9.90 Å². The van der Waals surface area contributed by atoms with Crippen molar-refractivity contribution in [1.29, 1.82) is 0 Å². The number of nitrogens with zero attached hydrogens (tertiary/aromatic N) is 2. The molecule has 1 aromatic heterocycles. The molecule has 4 nitrogen and oxygen atoms in total. The SMILES string of the molecule is O=C(O)C(C1CC1)n1cnc2c1CCCC2. The minimum Gasteiger partial charge on any atom is -0.480 e. The number of aliphatic carboxylic acids is 1. The predicted octanol–water partition coefficient (Wildman–Crippen LogP) is 1.80. The Balaban J connectivity index is 1.97. The van der Waals surface area contributed by atoms with E-state index < -0.39 is 5.97 Å². The lowest BCUT2D eigenvalue weighted by molar-refractivity contribution is -0.141. The van der Waals surface area contributed by atoms with Gasteiger partial charge in [0.2, 0.25) is 0 Å². The number of hydrogen-bond acceptors (Lipinski definition) is 2. The molecule has 2 aliphatic rings. The minimum atomic E-state index is -0.701.